The van der Waals surface area contributed by atoms with Crippen LogP contribution in [-0.2, 0) is 23.4 Å². The maximum atomic E-state index is 13.4. The Morgan fingerprint density at radius 3 is 2.26 bits per heavy atom. The standard InChI is InChI=1S/C19H29N2O8PS/c1-13(2)16(17(22)27-6)20-30(26,28-11-12-31-18(23)19(3,4)5)29-15-9-7-14(8-10-15)21(24)25/h7-10,13,16H,11-12H2,1-6H3,(H,20,26)/t16-,30?/m0/s1. The van der Waals surface area contributed by atoms with E-state index in [-0.39, 0.29) is 34.8 Å². The summed E-state index contributed by atoms with van der Waals surface area (Å²) in [6.07, 6.45) is 0. The van der Waals surface area contributed by atoms with Gasteiger partial charge in [0.1, 0.15) is 11.8 Å². The Hall–Kier alpha value is -1.94. The van der Waals surface area contributed by atoms with Crippen molar-refractivity contribution in [1.29, 1.82) is 0 Å². The first-order valence-electron chi connectivity index (χ1n) is 9.50. The maximum absolute atomic E-state index is 13.4. The number of carbonyl (C=O) groups is 2. The van der Waals surface area contributed by atoms with E-state index in [9.17, 15) is 24.3 Å². The first-order chi connectivity index (χ1) is 14.3. The third-order valence-corrected chi connectivity index (χ3v) is 6.70. The number of ether oxygens (including phenoxy) is 1. The van der Waals surface area contributed by atoms with Gasteiger partial charge in [-0.25, -0.2) is 4.57 Å². The maximum Gasteiger partial charge on any atom is 0.459 e. The van der Waals surface area contributed by atoms with E-state index in [1.807, 2.05) is 0 Å². The molecule has 1 unspecified atom stereocenters. The molecule has 0 aliphatic rings. The average molecular weight is 476 g/mol. The van der Waals surface area contributed by atoms with Gasteiger partial charge in [-0.15, -0.1) is 0 Å². The molecule has 0 spiro atoms. The van der Waals surface area contributed by atoms with Gasteiger partial charge in [-0.2, -0.15) is 5.09 Å². The minimum absolute atomic E-state index is 0.0484. The number of thioether (sulfide) groups is 1. The summed E-state index contributed by atoms with van der Waals surface area (Å²) in [5.41, 5.74) is -0.696. The Labute approximate surface area is 186 Å². The van der Waals surface area contributed by atoms with Gasteiger partial charge < -0.3 is 9.26 Å². The Morgan fingerprint density at radius 2 is 1.81 bits per heavy atom. The molecule has 0 amide bonds. The third-order valence-electron chi connectivity index (χ3n) is 3.88. The fourth-order valence-corrected chi connectivity index (χ4v) is 4.70. The first kappa shape index (κ1) is 27.1. The van der Waals surface area contributed by atoms with Crippen molar-refractivity contribution in [3.05, 3.63) is 34.4 Å². The van der Waals surface area contributed by atoms with Crippen LogP contribution in [-0.4, -0.2) is 41.5 Å². The number of nitro groups is 1. The number of methoxy groups -OCH3 is 1. The molecular formula is C19H29N2O8PS. The lowest BCUT2D eigenvalue weighted by atomic mass is 10.00. The first-order valence-corrected chi connectivity index (χ1v) is 12.0. The Morgan fingerprint density at radius 1 is 1.23 bits per heavy atom. The molecule has 0 aliphatic heterocycles. The quantitative estimate of drug-likeness (QED) is 0.163. The molecule has 0 aromatic heterocycles. The van der Waals surface area contributed by atoms with Crippen molar-refractivity contribution >= 4 is 36.3 Å². The summed E-state index contributed by atoms with van der Waals surface area (Å²) in [6.45, 7) is 8.71. The summed E-state index contributed by atoms with van der Waals surface area (Å²) in [4.78, 5) is 34.4. The lowest BCUT2D eigenvalue weighted by Gasteiger charge is -2.26. The Kier molecular flexibility index (Phi) is 10.2. The van der Waals surface area contributed by atoms with Gasteiger partial charge in [-0.1, -0.05) is 46.4 Å². The minimum Gasteiger partial charge on any atom is -0.468 e. The van der Waals surface area contributed by atoms with Gasteiger partial charge in [-0.05, 0) is 18.1 Å². The van der Waals surface area contributed by atoms with Gasteiger partial charge in [-0.3, -0.25) is 24.2 Å². The monoisotopic (exact) mass is 476 g/mol. The lowest BCUT2D eigenvalue weighted by molar-refractivity contribution is -0.384. The highest BCUT2D eigenvalue weighted by Gasteiger charge is 2.36. The van der Waals surface area contributed by atoms with Crippen LogP contribution < -0.4 is 9.61 Å². The molecule has 1 aromatic rings. The summed E-state index contributed by atoms with van der Waals surface area (Å²) in [5, 5.41) is 13.4. The number of nitrogens with one attached hydrogen (secondary N) is 1. The zero-order chi connectivity index (χ0) is 23.8. The highest BCUT2D eigenvalue weighted by Crippen LogP contribution is 2.46. The van der Waals surface area contributed by atoms with Crippen molar-refractivity contribution in [3.8, 4) is 5.75 Å². The second kappa shape index (κ2) is 11.6. The molecule has 1 rings (SSSR count). The number of nitro benzene ring substituents is 1. The topological polar surface area (TPSA) is 134 Å². The number of hydrogen-bond donors (Lipinski definition) is 1. The number of nitrogens with zero attached hydrogens (tertiary/aromatic N) is 1. The molecule has 0 saturated heterocycles. The average Bonchev–Trinajstić information content (AvgIpc) is 2.68. The number of hydrogen-bond acceptors (Lipinski definition) is 9. The molecular weight excluding hydrogens is 447 g/mol. The van der Waals surface area contributed by atoms with Gasteiger partial charge in [0, 0.05) is 23.3 Å². The fourth-order valence-electron chi connectivity index (χ4n) is 2.14. The number of carbonyl (C=O) groups excluding carboxylic acids is 2. The summed E-state index contributed by atoms with van der Waals surface area (Å²) < 4.78 is 29.1. The molecule has 174 valence electrons. The van der Waals surface area contributed by atoms with Crippen LogP contribution in [0.5, 0.6) is 5.75 Å². The van der Waals surface area contributed by atoms with E-state index in [1.54, 1.807) is 34.6 Å². The van der Waals surface area contributed by atoms with Crippen LogP contribution in [0, 0.1) is 21.4 Å². The fraction of sp³-hybridized carbons (Fsp3) is 0.579. The smallest absolute Gasteiger partial charge is 0.459 e. The van der Waals surface area contributed by atoms with Gasteiger partial charge in [0.2, 0.25) is 0 Å². The largest absolute Gasteiger partial charge is 0.468 e. The third kappa shape index (κ3) is 8.98. The molecule has 2 atom stereocenters. The van der Waals surface area contributed by atoms with Crippen LogP contribution in [0.25, 0.3) is 0 Å². The van der Waals surface area contributed by atoms with Crippen molar-refractivity contribution in [3.63, 3.8) is 0 Å². The van der Waals surface area contributed by atoms with E-state index in [4.69, 9.17) is 13.8 Å². The van der Waals surface area contributed by atoms with E-state index >= 15 is 0 Å². The number of esters is 1. The van der Waals surface area contributed by atoms with Crippen LogP contribution in [0.3, 0.4) is 0 Å². The molecule has 0 aliphatic carbocycles. The van der Waals surface area contributed by atoms with E-state index in [0.29, 0.717) is 0 Å². The van der Waals surface area contributed by atoms with Crippen LogP contribution in [0.1, 0.15) is 34.6 Å². The molecule has 0 saturated carbocycles. The van der Waals surface area contributed by atoms with Crippen molar-refractivity contribution in [2.75, 3.05) is 19.5 Å². The zero-order valence-electron chi connectivity index (χ0n) is 18.4. The van der Waals surface area contributed by atoms with Crippen molar-refractivity contribution in [1.82, 2.24) is 5.09 Å². The normalized spacial score (nSPS) is 14.5. The SMILES string of the molecule is COC(=O)[C@@H](NP(=O)(OCCSC(=O)C(C)(C)C)Oc1ccc([N+](=O)[O-])cc1)C(C)C. The number of rotatable bonds is 11. The van der Waals surface area contributed by atoms with Gasteiger partial charge in [0.25, 0.3) is 5.69 Å². The predicted octanol–water partition coefficient (Wildman–Crippen LogP) is 4.19. The number of non-ortho nitro benzene ring substituents is 1. The van der Waals surface area contributed by atoms with Crippen molar-refractivity contribution in [2.24, 2.45) is 11.3 Å². The van der Waals surface area contributed by atoms with Crippen LogP contribution in [0.4, 0.5) is 5.69 Å². The molecule has 0 bridgehead atoms. The highest BCUT2D eigenvalue weighted by atomic mass is 32.2. The summed E-state index contributed by atoms with van der Waals surface area (Å²) in [6, 6.07) is 3.94. The molecule has 31 heavy (non-hydrogen) atoms. The second-order valence-electron chi connectivity index (χ2n) is 7.93. The van der Waals surface area contributed by atoms with E-state index in [0.717, 1.165) is 11.8 Å². The molecule has 0 radical (unpaired) electrons. The molecule has 12 heteroatoms. The summed E-state index contributed by atoms with van der Waals surface area (Å²) in [5.74, 6) is -0.687. The summed E-state index contributed by atoms with van der Waals surface area (Å²) in [7, 11) is -2.90. The van der Waals surface area contributed by atoms with Gasteiger partial charge in [0.15, 0.2) is 5.12 Å². The van der Waals surface area contributed by atoms with Gasteiger partial charge >= 0.3 is 13.7 Å². The van der Waals surface area contributed by atoms with E-state index < -0.39 is 30.1 Å². The highest BCUT2D eigenvalue weighted by molar-refractivity contribution is 8.13. The molecule has 0 heterocycles. The molecule has 10 nitrogen and oxygen atoms in total. The Bertz CT molecular complexity index is 823. The van der Waals surface area contributed by atoms with Crippen molar-refractivity contribution in [2.45, 2.75) is 40.7 Å². The van der Waals surface area contributed by atoms with Gasteiger partial charge in [0.05, 0.1) is 18.6 Å². The second-order valence-corrected chi connectivity index (χ2v) is 10.7. The van der Waals surface area contributed by atoms with E-state index in [1.165, 1.54) is 31.4 Å². The van der Waals surface area contributed by atoms with Crippen LogP contribution >= 0.6 is 19.5 Å². The van der Waals surface area contributed by atoms with Crippen molar-refractivity contribution < 1.29 is 32.9 Å². The Balaban J connectivity index is 2.99. The molecule has 1 aromatic carbocycles. The minimum atomic E-state index is -4.10. The molecule has 0 fully saturated rings. The zero-order valence-corrected chi connectivity index (χ0v) is 20.2. The summed E-state index contributed by atoms with van der Waals surface area (Å²) >= 11 is 1.04. The molecule has 1 N–H and O–H groups in total. The predicted molar refractivity (Wildman–Crippen MR) is 118 cm³/mol. The van der Waals surface area contributed by atoms with Crippen LogP contribution in [0.15, 0.2) is 24.3 Å². The van der Waals surface area contributed by atoms with E-state index in [2.05, 4.69) is 5.09 Å². The van der Waals surface area contributed by atoms with Crippen LogP contribution in [0.2, 0.25) is 0 Å². The number of benzene rings is 1. The lowest BCUT2D eigenvalue weighted by Crippen LogP contribution is -2.41.